The van der Waals surface area contributed by atoms with Gasteiger partial charge in [0.15, 0.2) is 0 Å². The topological polar surface area (TPSA) is 154 Å². The summed E-state index contributed by atoms with van der Waals surface area (Å²) in [6.45, 7) is 3.58. The molecule has 0 aliphatic carbocycles. The number of amides is 3. The summed E-state index contributed by atoms with van der Waals surface area (Å²) in [5, 5.41) is 16.6. The number of carbonyl (C=O) groups excluding carboxylic acids is 3. The number of nitrogens with one attached hydrogen (secondary N) is 2. The highest BCUT2D eigenvalue weighted by Gasteiger charge is 2.27. The molecule has 1 atom stereocenters. The van der Waals surface area contributed by atoms with Crippen LogP contribution in [0.25, 0.3) is 0 Å². The highest BCUT2D eigenvalue weighted by molar-refractivity contribution is 5.94. The monoisotopic (exact) mass is 428 g/mol. The van der Waals surface area contributed by atoms with E-state index in [0.29, 0.717) is 0 Å². The number of benzene rings is 2. The third kappa shape index (κ3) is 7.11. The molecule has 0 heterocycles. The minimum Gasteiger partial charge on any atom is -0.463 e. The molecule has 0 aromatic heterocycles. The molecule has 0 radical (unpaired) electrons. The van der Waals surface area contributed by atoms with E-state index in [1.165, 1.54) is 30.3 Å². The third-order valence-corrected chi connectivity index (χ3v) is 4.23. The van der Waals surface area contributed by atoms with Crippen molar-refractivity contribution < 1.29 is 24.0 Å². The average Bonchev–Trinajstić information content (AvgIpc) is 2.71. The molecule has 3 amide bonds. The first-order chi connectivity index (χ1) is 14.7. The van der Waals surface area contributed by atoms with Gasteiger partial charge >= 0.3 is 12.0 Å². The molecule has 0 fully saturated rings. The van der Waals surface area contributed by atoms with E-state index in [0.717, 1.165) is 5.56 Å². The fourth-order valence-corrected chi connectivity index (χ4v) is 2.87. The van der Waals surface area contributed by atoms with E-state index < -0.39 is 28.9 Å². The second kappa shape index (κ2) is 10.7. The molecule has 0 saturated heterocycles. The zero-order valence-corrected chi connectivity index (χ0v) is 17.2. The van der Waals surface area contributed by atoms with Gasteiger partial charge in [0.2, 0.25) is 0 Å². The van der Waals surface area contributed by atoms with Crippen molar-refractivity contribution in [2.24, 2.45) is 5.73 Å². The second-order valence-corrected chi connectivity index (χ2v) is 7.00. The quantitative estimate of drug-likeness (QED) is 0.317. The van der Waals surface area contributed by atoms with Gasteiger partial charge in [-0.3, -0.25) is 19.7 Å². The van der Waals surface area contributed by atoms with Crippen molar-refractivity contribution in [1.82, 2.24) is 10.6 Å². The number of para-hydroxylation sites is 1. The van der Waals surface area contributed by atoms with E-state index in [-0.39, 0.29) is 35.9 Å². The fraction of sp³-hybridized carbons (Fsp3) is 0.286. The van der Waals surface area contributed by atoms with Gasteiger partial charge in [0.1, 0.15) is 0 Å². The number of urea groups is 1. The molecule has 164 valence electrons. The molecule has 2 aromatic rings. The van der Waals surface area contributed by atoms with Crippen molar-refractivity contribution in [2.75, 3.05) is 0 Å². The molecular weight excluding hydrogens is 404 g/mol. The van der Waals surface area contributed by atoms with Crippen LogP contribution in [0, 0.1) is 10.1 Å². The smallest absolute Gasteiger partial charge is 0.312 e. The highest BCUT2D eigenvalue weighted by Crippen LogP contribution is 2.28. The lowest BCUT2D eigenvalue weighted by Crippen LogP contribution is -2.31. The first-order valence-electron chi connectivity index (χ1n) is 9.53. The SMILES string of the molecule is CC(C)OC(=O)CC(NC(=O)c1ccc(CNC(N)=O)cc1)c1ccccc1[N+](=O)[O-]. The lowest BCUT2D eigenvalue weighted by atomic mass is 10.0. The van der Waals surface area contributed by atoms with Crippen LogP contribution in [-0.2, 0) is 16.1 Å². The number of hydrogen-bond acceptors (Lipinski definition) is 6. The van der Waals surface area contributed by atoms with Crippen molar-refractivity contribution in [3.8, 4) is 0 Å². The second-order valence-electron chi connectivity index (χ2n) is 7.00. The zero-order valence-electron chi connectivity index (χ0n) is 17.2. The summed E-state index contributed by atoms with van der Waals surface area (Å²) in [4.78, 5) is 46.6. The van der Waals surface area contributed by atoms with Crippen molar-refractivity contribution in [1.29, 1.82) is 0 Å². The molecular formula is C21H24N4O6. The van der Waals surface area contributed by atoms with Gasteiger partial charge in [-0.15, -0.1) is 0 Å². The lowest BCUT2D eigenvalue weighted by molar-refractivity contribution is -0.385. The van der Waals surface area contributed by atoms with Crippen LogP contribution in [0.15, 0.2) is 48.5 Å². The van der Waals surface area contributed by atoms with Crippen molar-refractivity contribution in [3.05, 3.63) is 75.3 Å². The maximum absolute atomic E-state index is 12.8. The van der Waals surface area contributed by atoms with E-state index in [1.54, 1.807) is 32.0 Å². The van der Waals surface area contributed by atoms with Gasteiger partial charge in [0.05, 0.1) is 29.1 Å². The molecule has 0 aliphatic rings. The number of hydrogen-bond donors (Lipinski definition) is 3. The summed E-state index contributed by atoms with van der Waals surface area (Å²) >= 11 is 0. The summed E-state index contributed by atoms with van der Waals surface area (Å²) in [6.07, 6.45) is -0.633. The van der Waals surface area contributed by atoms with Crippen LogP contribution in [0.1, 0.15) is 47.8 Å². The molecule has 31 heavy (non-hydrogen) atoms. The van der Waals surface area contributed by atoms with Crippen LogP contribution in [0.3, 0.4) is 0 Å². The standard InChI is InChI=1S/C21H24N4O6/c1-13(2)31-19(26)11-17(16-5-3-4-6-18(16)25(29)30)24-20(27)15-9-7-14(8-10-15)12-23-21(22)28/h3-10,13,17H,11-12H2,1-2H3,(H,24,27)(H3,22,23,28). The minimum atomic E-state index is -0.962. The Hall–Kier alpha value is -3.95. The Morgan fingerprint density at radius 1 is 1.10 bits per heavy atom. The first-order valence-corrected chi connectivity index (χ1v) is 9.53. The maximum atomic E-state index is 12.8. The van der Waals surface area contributed by atoms with Gasteiger partial charge in [-0.1, -0.05) is 30.3 Å². The summed E-state index contributed by atoms with van der Waals surface area (Å²) in [6, 6.07) is 10.6. The lowest BCUT2D eigenvalue weighted by Gasteiger charge is -2.19. The Bertz CT molecular complexity index is 959. The number of primary amides is 1. The largest absolute Gasteiger partial charge is 0.463 e. The summed E-state index contributed by atoms with van der Waals surface area (Å²) in [7, 11) is 0. The van der Waals surface area contributed by atoms with Crippen LogP contribution in [-0.4, -0.2) is 28.9 Å². The third-order valence-electron chi connectivity index (χ3n) is 4.23. The van der Waals surface area contributed by atoms with Crippen molar-refractivity contribution >= 4 is 23.6 Å². The Morgan fingerprint density at radius 3 is 2.32 bits per heavy atom. The van der Waals surface area contributed by atoms with Gasteiger partial charge < -0.3 is 21.1 Å². The van der Waals surface area contributed by atoms with Crippen LogP contribution in [0.4, 0.5) is 10.5 Å². The minimum absolute atomic E-state index is 0.198. The van der Waals surface area contributed by atoms with Gasteiger partial charge in [-0.05, 0) is 31.5 Å². The Morgan fingerprint density at radius 2 is 1.74 bits per heavy atom. The van der Waals surface area contributed by atoms with Gasteiger partial charge in [-0.25, -0.2) is 4.79 Å². The van der Waals surface area contributed by atoms with Gasteiger partial charge in [-0.2, -0.15) is 0 Å². The number of nitro benzene ring substituents is 1. The van der Waals surface area contributed by atoms with Crippen molar-refractivity contribution in [3.63, 3.8) is 0 Å². The predicted octanol–water partition coefficient (Wildman–Crippen LogP) is 2.58. The molecule has 0 bridgehead atoms. The molecule has 0 spiro atoms. The number of nitrogens with two attached hydrogens (primary N) is 1. The molecule has 0 aliphatic heterocycles. The van der Waals surface area contributed by atoms with Crippen LogP contribution in [0.5, 0.6) is 0 Å². The average molecular weight is 428 g/mol. The van der Waals surface area contributed by atoms with Gasteiger partial charge in [0, 0.05) is 18.2 Å². The van der Waals surface area contributed by atoms with Crippen LogP contribution in [0.2, 0.25) is 0 Å². The molecule has 1 unspecified atom stereocenters. The van der Waals surface area contributed by atoms with E-state index >= 15 is 0 Å². The number of ether oxygens (including phenoxy) is 1. The number of nitrogens with zero attached hydrogens (tertiary/aromatic N) is 1. The number of esters is 1. The molecule has 10 heteroatoms. The van der Waals surface area contributed by atoms with Crippen molar-refractivity contribution in [2.45, 2.75) is 39.0 Å². The van der Waals surface area contributed by atoms with E-state index in [1.807, 2.05) is 0 Å². The Labute approximate surface area is 178 Å². The highest BCUT2D eigenvalue weighted by atomic mass is 16.6. The Balaban J connectivity index is 2.24. The van der Waals surface area contributed by atoms with E-state index in [2.05, 4.69) is 10.6 Å². The summed E-state index contributed by atoms with van der Waals surface area (Å²) in [5.74, 6) is -1.11. The molecule has 2 aromatic carbocycles. The van der Waals surface area contributed by atoms with E-state index in [9.17, 15) is 24.5 Å². The number of nitro groups is 1. The predicted molar refractivity (Wildman–Crippen MR) is 112 cm³/mol. The molecule has 10 nitrogen and oxygen atoms in total. The fourth-order valence-electron chi connectivity index (χ4n) is 2.87. The molecule has 0 saturated carbocycles. The van der Waals surface area contributed by atoms with Crippen LogP contribution < -0.4 is 16.4 Å². The van der Waals surface area contributed by atoms with Gasteiger partial charge in [0.25, 0.3) is 11.6 Å². The molecule has 2 rings (SSSR count). The summed E-state index contributed by atoms with van der Waals surface area (Å²) in [5.41, 5.74) is 6.03. The number of carbonyl (C=O) groups is 3. The Kier molecular flexibility index (Phi) is 8.07. The van der Waals surface area contributed by atoms with E-state index in [4.69, 9.17) is 10.5 Å². The zero-order chi connectivity index (χ0) is 23.0. The number of rotatable bonds is 9. The van der Waals surface area contributed by atoms with Crippen LogP contribution >= 0.6 is 0 Å². The molecule has 4 N–H and O–H groups in total. The normalized spacial score (nSPS) is 11.5. The first kappa shape index (κ1) is 23.3. The summed E-state index contributed by atoms with van der Waals surface area (Å²) < 4.78 is 5.15. The maximum Gasteiger partial charge on any atom is 0.312 e.